The zero-order valence-electron chi connectivity index (χ0n) is 4.76. The van der Waals surface area contributed by atoms with Crippen molar-refractivity contribution in [2.24, 2.45) is 4.99 Å². The van der Waals surface area contributed by atoms with E-state index in [1.165, 1.54) is 0 Å². The van der Waals surface area contributed by atoms with Crippen LogP contribution in [0, 0.1) is 0 Å². The fourth-order valence-electron chi connectivity index (χ4n) is 0.180. The Balaban J connectivity index is 3.25. The minimum absolute atomic E-state index is 1.64. The summed E-state index contributed by atoms with van der Waals surface area (Å²) in [5.74, 6) is 0. The maximum Gasteiger partial charge on any atom is 0.0419 e. The highest BCUT2D eigenvalue weighted by Gasteiger charge is 1.68. The van der Waals surface area contributed by atoms with E-state index in [0.717, 1.165) is 0 Å². The predicted molar refractivity (Wildman–Crippen MR) is 32.4 cm³/mol. The van der Waals surface area contributed by atoms with Crippen LogP contribution in [0.4, 0.5) is 0 Å². The number of hydrogen-bond donors (Lipinski definition) is 0. The van der Waals surface area contributed by atoms with Crippen molar-refractivity contribution in [1.82, 2.24) is 4.90 Å². The molecule has 2 nitrogen and oxygen atoms in total. The highest BCUT2D eigenvalue weighted by atomic mass is 15.0. The molecule has 0 aliphatic heterocycles. The van der Waals surface area contributed by atoms with Crippen molar-refractivity contribution >= 4 is 6.72 Å². The summed E-state index contributed by atoms with van der Waals surface area (Å²) in [6, 6.07) is 0. The van der Waals surface area contributed by atoms with Crippen molar-refractivity contribution in [2.45, 2.75) is 0 Å². The molecule has 0 fully saturated rings. The molecule has 0 aromatic carbocycles. The van der Waals surface area contributed by atoms with Crippen LogP contribution in [0.25, 0.3) is 0 Å². The molecule has 0 unspecified atom stereocenters. The molecule has 0 amide bonds. The second-order valence-electron chi connectivity index (χ2n) is 1.44. The summed E-state index contributed by atoms with van der Waals surface area (Å²) in [6.45, 7) is 3.27. The zero-order chi connectivity index (χ0) is 5.70. The first-order valence-electron chi connectivity index (χ1n) is 2.06. The van der Waals surface area contributed by atoms with Crippen LogP contribution in [0.3, 0.4) is 0 Å². The van der Waals surface area contributed by atoms with Gasteiger partial charge in [-0.05, 0) is 6.72 Å². The Bertz CT molecular complexity index is 74.1. The van der Waals surface area contributed by atoms with Crippen LogP contribution in [0.2, 0.25) is 0 Å². The van der Waals surface area contributed by atoms with Crippen molar-refractivity contribution in [2.75, 3.05) is 14.1 Å². The van der Waals surface area contributed by atoms with Gasteiger partial charge in [-0.2, -0.15) is 0 Å². The Hall–Kier alpha value is -0.790. The van der Waals surface area contributed by atoms with Gasteiger partial charge in [0.15, 0.2) is 0 Å². The lowest BCUT2D eigenvalue weighted by Gasteiger charge is -1.99. The topological polar surface area (TPSA) is 15.6 Å². The van der Waals surface area contributed by atoms with E-state index < -0.39 is 0 Å². The largest absolute Gasteiger partial charge is 0.382 e. The molecule has 0 aliphatic rings. The highest BCUT2D eigenvalue weighted by Crippen LogP contribution is 1.74. The van der Waals surface area contributed by atoms with Crippen molar-refractivity contribution in [3.8, 4) is 0 Å². The van der Waals surface area contributed by atoms with Gasteiger partial charge in [0.1, 0.15) is 0 Å². The molecule has 0 spiro atoms. The summed E-state index contributed by atoms with van der Waals surface area (Å²) < 4.78 is 0. The summed E-state index contributed by atoms with van der Waals surface area (Å²) in [5, 5.41) is 0. The van der Waals surface area contributed by atoms with Crippen LogP contribution < -0.4 is 0 Å². The van der Waals surface area contributed by atoms with Gasteiger partial charge >= 0.3 is 0 Å². The lowest BCUT2D eigenvalue weighted by molar-refractivity contribution is 0.562. The van der Waals surface area contributed by atoms with E-state index in [-0.39, 0.29) is 0 Å². The van der Waals surface area contributed by atoms with E-state index in [1.54, 1.807) is 6.20 Å². The van der Waals surface area contributed by atoms with Gasteiger partial charge in [-0.3, -0.25) is 4.99 Å². The molecule has 2 heteroatoms. The quantitative estimate of drug-likeness (QED) is 0.465. The maximum atomic E-state index is 3.50. The smallest absolute Gasteiger partial charge is 0.0419 e. The molecule has 0 aliphatic carbocycles. The molecule has 0 saturated carbocycles. The molecule has 40 valence electrons. The first-order valence-corrected chi connectivity index (χ1v) is 2.06. The molecular formula is C5H10N2. The SMILES string of the molecule is C=N/C=C\N(C)C. The van der Waals surface area contributed by atoms with Crippen molar-refractivity contribution in [1.29, 1.82) is 0 Å². The predicted octanol–water partition coefficient (Wildman–Crippen LogP) is 0.720. The van der Waals surface area contributed by atoms with E-state index in [9.17, 15) is 0 Å². The summed E-state index contributed by atoms with van der Waals surface area (Å²) in [7, 11) is 3.86. The van der Waals surface area contributed by atoms with Gasteiger partial charge in [-0.1, -0.05) is 0 Å². The van der Waals surface area contributed by atoms with Crippen LogP contribution in [-0.2, 0) is 0 Å². The number of aliphatic imine (C=N–C) groups is 1. The van der Waals surface area contributed by atoms with Gasteiger partial charge in [-0.15, -0.1) is 0 Å². The second kappa shape index (κ2) is 3.40. The van der Waals surface area contributed by atoms with E-state index in [0.29, 0.717) is 0 Å². The normalized spacial score (nSPS) is 9.43. The molecule has 0 heterocycles. The van der Waals surface area contributed by atoms with Gasteiger partial charge in [0.25, 0.3) is 0 Å². The van der Waals surface area contributed by atoms with E-state index >= 15 is 0 Å². The summed E-state index contributed by atoms with van der Waals surface area (Å²) in [4.78, 5) is 5.40. The molecule has 7 heavy (non-hydrogen) atoms. The van der Waals surface area contributed by atoms with E-state index in [1.807, 2.05) is 25.2 Å². The second-order valence-corrected chi connectivity index (χ2v) is 1.44. The third-order valence-electron chi connectivity index (χ3n) is 0.470. The highest BCUT2D eigenvalue weighted by molar-refractivity contribution is 5.25. The molecule has 0 aromatic heterocycles. The van der Waals surface area contributed by atoms with Gasteiger partial charge < -0.3 is 4.90 Å². The van der Waals surface area contributed by atoms with Crippen LogP contribution in [0.1, 0.15) is 0 Å². The molecule has 0 atom stereocenters. The molecule has 0 radical (unpaired) electrons. The molecule has 0 bridgehead atoms. The lowest BCUT2D eigenvalue weighted by Crippen LogP contribution is -1.99. The molecule has 0 saturated heterocycles. The Morgan fingerprint density at radius 2 is 2.14 bits per heavy atom. The van der Waals surface area contributed by atoms with Gasteiger partial charge in [0, 0.05) is 26.5 Å². The third kappa shape index (κ3) is 5.21. The zero-order valence-corrected chi connectivity index (χ0v) is 4.76. The molecule has 0 rings (SSSR count). The summed E-state index contributed by atoms with van der Waals surface area (Å²) in [5.41, 5.74) is 0. The van der Waals surface area contributed by atoms with Crippen LogP contribution in [0.15, 0.2) is 17.4 Å². The molecule has 0 aromatic rings. The Morgan fingerprint density at radius 1 is 1.57 bits per heavy atom. The molecule has 0 N–H and O–H groups in total. The Morgan fingerprint density at radius 3 is 2.29 bits per heavy atom. The fraction of sp³-hybridized carbons (Fsp3) is 0.400. The van der Waals surface area contributed by atoms with Gasteiger partial charge in [0.2, 0.25) is 0 Å². The van der Waals surface area contributed by atoms with E-state index in [2.05, 4.69) is 11.7 Å². The number of rotatable bonds is 2. The van der Waals surface area contributed by atoms with Crippen LogP contribution >= 0.6 is 0 Å². The minimum atomic E-state index is 1.64. The van der Waals surface area contributed by atoms with Crippen molar-refractivity contribution in [3.63, 3.8) is 0 Å². The Labute approximate surface area is 44.2 Å². The summed E-state index contributed by atoms with van der Waals surface area (Å²) >= 11 is 0. The third-order valence-corrected chi connectivity index (χ3v) is 0.470. The van der Waals surface area contributed by atoms with Gasteiger partial charge in [0.05, 0.1) is 0 Å². The average Bonchev–Trinajstić information content (AvgIpc) is 1.61. The van der Waals surface area contributed by atoms with Crippen LogP contribution in [0.5, 0.6) is 0 Å². The lowest BCUT2D eigenvalue weighted by atomic mass is 10.8. The minimum Gasteiger partial charge on any atom is -0.382 e. The number of hydrogen-bond acceptors (Lipinski definition) is 2. The average molecular weight is 98.1 g/mol. The summed E-state index contributed by atoms with van der Waals surface area (Å²) in [6.07, 6.45) is 3.47. The maximum absolute atomic E-state index is 3.50. The monoisotopic (exact) mass is 98.1 g/mol. The first-order chi connectivity index (χ1) is 3.27. The fourth-order valence-corrected chi connectivity index (χ4v) is 0.180. The number of nitrogens with zero attached hydrogens (tertiary/aromatic N) is 2. The first kappa shape index (κ1) is 6.21. The van der Waals surface area contributed by atoms with Crippen molar-refractivity contribution < 1.29 is 0 Å². The van der Waals surface area contributed by atoms with E-state index in [4.69, 9.17) is 0 Å². The molecular weight excluding hydrogens is 88.1 g/mol. The van der Waals surface area contributed by atoms with Gasteiger partial charge in [-0.25, -0.2) is 0 Å². The standard InChI is InChI=1S/C5H10N2/c1-6-4-5-7(2)3/h4-5H,1H2,2-3H3/b5-4-. The van der Waals surface area contributed by atoms with Crippen molar-refractivity contribution in [3.05, 3.63) is 12.4 Å². The Kier molecular flexibility index (Phi) is 3.02. The van der Waals surface area contributed by atoms with Crippen LogP contribution in [-0.4, -0.2) is 25.7 Å².